The molecule has 1 saturated carbocycles. The van der Waals surface area contributed by atoms with Crippen molar-refractivity contribution in [3.63, 3.8) is 0 Å². The largest absolute Gasteiger partial charge is 0.493 e. The van der Waals surface area contributed by atoms with Crippen LogP contribution >= 0.6 is 69.6 Å². The highest BCUT2D eigenvalue weighted by Gasteiger charge is 2.39. The molecule has 38 heteroatoms. The van der Waals surface area contributed by atoms with Gasteiger partial charge >= 0.3 is 0 Å². The molecule has 11 aromatic rings. The molecule has 0 spiro atoms. The topological polar surface area (TPSA) is 419 Å². The average Bonchev–Trinajstić information content (AvgIpc) is 1.66. The number of amides is 5. The number of hydrogen-bond donors (Lipinski definition) is 4. The number of halogens is 6. The number of rotatable bonds is 21. The van der Waals surface area contributed by atoms with E-state index < -0.39 is 36.0 Å². The van der Waals surface area contributed by atoms with Gasteiger partial charge in [0.1, 0.15) is 23.0 Å². The fraction of sp³-hybridized carbons (Fsp3) is 0.244. The predicted molar refractivity (Wildman–Crippen MR) is 471 cm³/mol. The molecule has 4 aliphatic heterocycles. The van der Waals surface area contributed by atoms with Gasteiger partial charge in [-0.1, -0.05) is 119 Å². The van der Waals surface area contributed by atoms with Crippen LogP contribution in [0.1, 0.15) is 125 Å². The van der Waals surface area contributed by atoms with Gasteiger partial charge in [0.25, 0.3) is 11.8 Å². The summed E-state index contributed by atoms with van der Waals surface area (Å²) < 4.78 is 92.9. The molecule has 0 unspecified atom stereocenters. The van der Waals surface area contributed by atoms with Crippen LogP contribution in [-0.4, -0.2) is 117 Å². The molecule has 16 rings (SSSR count). The van der Waals surface area contributed by atoms with Crippen molar-refractivity contribution < 1.29 is 68.2 Å². The number of aromatic nitrogens is 6. The van der Waals surface area contributed by atoms with Crippen LogP contribution in [0.4, 0.5) is 22.7 Å². The number of primary amides is 1. The Labute approximate surface area is 745 Å². The smallest absolute Gasteiger partial charge is 0.257 e. The highest BCUT2D eigenvalue weighted by atomic mass is 35.5. The van der Waals surface area contributed by atoms with Crippen molar-refractivity contribution >= 4 is 152 Å². The Morgan fingerprint density at radius 3 is 1.10 bits per heavy atom. The van der Waals surface area contributed by atoms with E-state index in [4.69, 9.17) is 110 Å². The van der Waals surface area contributed by atoms with Gasteiger partial charge in [-0.15, -0.1) is 0 Å². The first kappa shape index (κ1) is 90.7. The number of nitrogens with zero attached hydrogens (tertiary/aromatic N) is 10. The number of anilines is 4. The molecule has 5 fully saturated rings. The number of carbonyl (C=O) groups is 5. The number of nitrogens with two attached hydrogens (primary N) is 4. The molecule has 0 bridgehead atoms. The summed E-state index contributed by atoms with van der Waals surface area (Å²) in [5, 5.41) is 17.7. The van der Waals surface area contributed by atoms with E-state index in [-0.39, 0.29) is 103 Å². The van der Waals surface area contributed by atoms with E-state index in [9.17, 15) is 49.2 Å². The third-order valence-corrected chi connectivity index (χ3v) is 25.4. The summed E-state index contributed by atoms with van der Waals surface area (Å²) in [6.07, 6.45) is 14.8. The van der Waals surface area contributed by atoms with Gasteiger partial charge in [0.15, 0.2) is 10.3 Å². The minimum atomic E-state index is -3.81. The molecule has 4 saturated heterocycles. The maximum absolute atomic E-state index is 12.8. The lowest BCUT2D eigenvalue weighted by atomic mass is 9.90. The summed E-state index contributed by atoms with van der Waals surface area (Å²) in [7, 11) is -11.4. The molecule has 3 aromatic heterocycles. The molecule has 4 atom stereocenters. The molecule has 8 aromatic carbocycles. The summed E-state index contributed by atoms with van der Waals surface area (Å²) in [5.74, 6) is 2.06. The number of carbonyl (C=O) groups excluding carboxylic acids is 5. The molecule has 124 heavy (non-hydrogen) atoms. The Kier molecular flexibility index (Phi) is 28.9. The maximum atomic E-state index is 12.8. The maximum Gasteiger partial charge on any atom is 0.257 e. The Morgan fingerprint density at radius 1 is 0.411 bits per heavy atom. The Bertz CT molecular complexity index is 6230. The molecular weight excluding hydrogens is 1780 g/mol. The summed E-state index contributed by atoms with van der Waals surface area (Å²) >= 11 is 36.9. The molecule has 7 heterocycles. The Morgan fingerprint density at radius 2 is 0.750 bits per heavy atom. The van der Waals surface area contributed by atoms with Crippen molar-refractivity contribution in [3.05, 3.63) is 270 Å². The third-order valence-electron chi connectivity index (χ3n) is 21.1. The van der Waals surface area contributed by atoms with Gasteiger partial charge in [0.2, 0.25) is 65.5 Å². The normalized spacial score (nSPS) is 17.3. The lowest BCUT2D eigenvalue weighted by Crippen LogP contribution is -2.24. The molecular formula is C86H80Cl6N14O15S3. The molecule has 0 radical (unpaired) electrons. The number of hydrogen-bond acceptors (Lipinski definition) is 21. The summed E-state index contributed by atoms with van der Waals surface area (Å²) in [6.45, 7) is 5.99. The lowest BCUT2D eigenvalue weighted by molar-refractivity contribution is -0.118. The number of primary sulfonamides is 3. The van der Waals surface area contributed by atoms with Gasteiger partial charge < -0.3 is 44.3 Å². The van der Waals surface area contributed by atoms with Crippen molar-refractivity contribution in [2.75, 3.05) is 52.4 Å². The second-order valence-corrected chi connectivity index (χ2v) is 36.9. The fourth-order valence-electron chi connectivity index (χ4n) is 14.9. The summed E-state index contributed by atoms with van der Waals surface area (Å²) in [5.41, 5.74) is 12.9. The van der Waals surface area contributed by atoms with E-state index >= 15 is 0 Å². The van der Waals surface area contributed by atoms with E-state index in [0.717, 1.165) is 33.7 Å². The third kappa shape index (κ3) is 22.8. The average molecular weight is 1860 g/mol. The van der Waals surface area contributed by atoms with E-state index in [1.165, 1.54) is 93.3 Å². The van der Waals surface area contributed by atoms with Crippen molar-refractivity contribution in [1.82, 2.24) is 29.9 Å². The van der Waals surface area contributed by atoms with Crippen molar-refractivity contribution in [1.29, 1.82) is 0 Å². The minimum Gasteiger partial charge on any atom is -0.493 e. The first-order chi connectivity index (χ1) is 59.1. The van der Waals surface area contributed by atoms with Crippen molar-refractivity contribution in [2.24, 2.45) is 27.1 Å². The zero-order chi connectivity index (χ0) is 88.5. The first-order valence-electron chi connectivity index (χ1n) is 38.6. The van der Waals surface area contributed by atoms with Crippen LogP contribution in [0.15, 0.2) is 216 Å². The molecule has 5 aliphatic rings. The second kappa shape index (κ2) is 39.5. The van der Waals surface area contributed by atoms with Gasteiger partial charge in [0.05, 0.1) is 32.7 Å². The fourth-order valence-corrected chi connectivity index (χ4v) is 17.4. The lowest BCUT2D eigenvalue weighted by Gasteiger charge is -2.23. The summed E-state index contributed by atoms with van der Waals surface area (Å²) in [6, 6.07) is 45.8. The Hall–Kier alpha value is -11.0. The first-order valence-corrected chi connectivity index (χ1v) is 45.5. The van der Waals surface area contributed by atoms with E-state index in [2.05, 4.69) is 29.9 Å². The highest BCUT2D eigenvalue weighted by molar-refractivity contribution is 7.89. The van der Waals surface area contributed by atoms with Crippen LogP contribution in [0.3, 0.4) is 0 Å². The number of ether oxygens (including phenoxy) is 4. The highest BCUT2D eigenvalue weighted by Crippen LogP contribution is 2.45. The molecule has 8 N–H and O–H groups in total. The molecule has 29 nitrogen and oxygen atoms in total. The molecule has 5 amide bonds. The molecule has 644 valence electrons. The zero-order valence-electron chi connectivity index (χ0n) is 66.2. The van der Waals surface area contributed by atoms with Crippen LogP contribution in [-0.2, 0) is 49.2 Å². The quantitative estimate of drug-likeness (QED) is 0.0519. The predicted octanol–water partition coefficient (Wildman–Crippen LogP) is 16.1. The van der Waals surface area contributed by atoms with Crippen LogP contribution in [0, 0.1) is 19.8 Å². The van der Waals surface area contributed by atoms with Crippen molar-refractivity contribution in [2.45, 2.75) is 110 Å². The minimum absolute atomic E-state index is 0.00697. The SMILES string of the molecule is Cc1cnc(C)c(Oc2cc(Cl)ccc2[C@H]2CC(=O)N(c3ccc(S(N)(=O)=O)cc3)C2)n1.NC(=O)c1cccc(N2C[C@@H](c3ccc(Cl)cc3Oc3nccnc3Cl)CC2=O)c1.NS(=O)(=O)c1ccc(N2C[C@@H](c3ccc(Cl)cc3OCC3CCCCC3)CC2=O)cc1.NS(=O)(=O)c1ccc(N2C[C@@H](c3ccc(Cl)cc3Oc3nccnc3Cl)CC2=O)cc1. The second-order valence-electron chi connectivity index (χ2n) is 29.7. The van der Waals surface area contributed by atoms with E-state index in [1.54, 1.807) is 136 Å². The zero-order valence-corrected chi connectivity index (χ0v) is 73.2. The van der Waals surface area contributed by atoms with Gasteiger partial charge in [0, 0.05) is 172 Å². The Balaban J connectivity index is 0.000000142. The van der Waals surface area contributed by atoms with Crippen LogP contribution < -0.4 is 59.7 Å². The van der Waals surface area contributed by atoms with Gasteiger partial charge in [-0.2, -0.15) is 0 Å². The van der Waals surface area contributed by atoms with E-state index in [1.807, 2.05) is 37.3 Å². The van der Waals surface area contributed by atoms with E-state index in [0.29, 0.717) is 122 Å². The van der Waals surface area contributed by atoms with Gasteiger partial charge in [-0.05, 0) is 178 Å². The summed E-state index contributed by atoms with van der Waals surface area (Å²) in [4.78, 5) is 93.7. The van der Waals surface area contributed by atoms with Crippen LogP contribution in [0.25, 0.3) is 0 Å². The number of aryl methyl sites for hydroxylation is 2. The van der Waals surface area contributed by atoms with Crippen LogP contribution in [0.2, 0.25) is 30.4 Å². The van der Waals surface area contributed by atoms with Gasteiger partial charge in [-0.25, -0.2) is 65.6 Å². The van der Waals surface area contributed by atoms with Crippen LogP contribution in [0.5, 0.6) is 40.6 Å². The standard InChI is InChI=1S/C23H27ClN2O4S.C22H21ClN4O4S.C21H16Cl2N4O3.C20H16Cl2N4O4S/c24-18-6-11-21(22(13-18)30-15-16-4-2-1-3-5-16)17-12-23(27)26(14-17)19-7-9-20(10-8-19)31(25,28)29;1-13-11-25-14(2)22(26-13)31-20-10-16(23)3-8-19(20)15-9-21(28)27(12-15)17-4-6-18(7-5-17)32(24,29)30;22-14-4-5-16(17(10-14)30-21-19(23)25-6-7-26-21)13-9-18(28)27(11-13)15-3-1-2-12(8-15)20(24)29;21-13-1-6-16(17(10-13)30-20-19(22)24-7-8-25-20)12-9-18(27)26(11-12)14-2-4-15(5-3-14)31(23,28)29/h6-11,13,16-17H,1-5,12,14-15H2,(H2,25,28,29);3-8,10-11,15H,9,12H2,1-2H3,(H2,24,29,30);1-8,10,13H,9,11H2,(H2,24,29);1-8,10,12H,9,11H2,(H2,23,28,29)/t17-;15-;13-;12-/m0000/s1. The van der Waals surface area contributed by atoms with Gasteiger partial charge in [-0.3, -0.25) is 29.0 Å². The number of sulfonamides is 3. The monoisotopic (exact) mass is 1850 g/mol. The van der Waals surface area contributed by atoms with Crippen molar-refractivity contribution in [3.8, 4) is 40.6 Å². The number of benzene rings is 8. The molecule has 1 aliphatic carbocycles.